The van der Waals surface area contributed by atoms with E-state index in [1.807, 2.05) is 37.3 Å². The maximum absolute atomic E-state index is 11.2. The van der Waals surface area contributed by atoms with E-state index in [0.29, 0.717) is 13.0 Å². The molecule has 0 aromatic carbocycles. The first kappa shape index (κ1) is 15.5. The van der Waals surface area contributed by atoms with Gasteiger partial charge >= 0.3 is 7.12 Å². The highest BCUT2D eigenvalue weighted by atomic mass is 16.4. The Kier molecular flexibility index (Phi) is 4.06. The topological polar surface area (TPSA) is 101 Å². The van der Waals surface area contributed by atoms with E-state index in [1.54, 1.807) is 6.07 Å². The van der Waals surface area contributed by atoms with Crippen LogP contribution in [0.25, 0.3) is 11.0 Å². The Morgan fingerprint density at radius 2 is 2.26 bits per heavy atom. The number of hydrogen-bond acceptors (Lipinski definition) is 4. The van der Waals surface area contributed by atoms with Crippen LogP contribution in [0, 0.1) is 6.92 Å². The second kappa shape index (κ2) is 6.02. The minimum Gasteiger partial charge on any atom is -0.427 e. The summed E-state index contributed by atoms with van der Waals surface area (Å²) in [6.45, 7) is 2.65. The van der Waals surface area contributed by atoms with Gasteiger partial charge in [-0.15, -0.1) is 0 Å². The third kappa shape index (κ3) is 3.06. The summed E-state index contributed by atoms with van der Waals surface area (Å²) >= 11 is 0. The van der Waals surface area contributed by atoms with Crippen molar-refractivity contribution >= 4 is 24.1 Å². The second-order valence-electron chi connectivity index (χ2n) is 5.79. The lowest BCUT2D eigenvalue weighted by Crippen LogP contribution is -2.19. The summed E-state index contributed by atoms with van der Waals surface area (Å²) in [4.78, 5) is 15.5. The maximum atomic E-state index is 11.2. The van der Waals surface area contributed by atoms with Gasteiger partial charge in [-0.25, -0.2) is 4.98 Å². The summed E-state index contributed by atoms with van der Waals surface area (Å²) in [7, 11) is -1.32. The third-order valence-electron chi connectivity index (χ3n) is 4.15. The van der Waals surface area contributed by atoms with Gasteiger partial charge in [0.1, 0.15) is 5.69 Å². The van der Waals surface area contributed by atoms with Crippen LogP contribution in [0.5, 0.6) is 0 Å². The van der Waals surface area contributed by atoms with Crippen molar-refractivity contribution < 1.29 is 14.8 Å². The molecule has 0 radical (unpaired) electrons. The Bertz CT molecular complexity index is 823. The number of allylic oxidation sites excluding steroid dienone is 4. The van der Waals surface area contributed by atoms with Crippen molar-refractivity contribution in [1.82, 2.24) is 9.55 Å². The number of nitrogens with zero attached hydrogens (tertiary/aromatic N) is 2. The van der Waals surface area contributed by atoms with Crippen LogP contribution in [-0.4, -0.2) is 32.6 Å². The van der Waals surface area contributed by atoms with E-state index in [4.69, 9.17) is 5.73 Å². The molecule has 4 N–H and O–H groups in total. The summed E-state index contributed by atoms with van der Waals surface area (Å²) in [5.41, 5.74) is 9.33. The molecule has 2 aromatic heterocycles. The zero-order valence-electron chi connectivity index (χ0n) is 12.8. The molecule has 1 aliphatic carbocycles. The molecule has 2 aromatic rings. The van der Waals surface area contributed by atoms with Crippen molar-refractivity contribution in [2.75, 3.05) is 0 Å². The SMILES string of the molecule is Cc1cc2nc(C(N)=O)ccc2n1CC1=CCC(B(O)O)C=C1. The van der Waals surface area contributed by atoms with Crippen LogP contribution >= 0.6 is 0 Å². The van der Waals surface area contributed by atoms with Crippen LogP contribution in [0.3, 0.4) is 0 Å². The molecule has 3 rings (SSSR count). The number of hydrogen-bond donors (Lipinski definition) is 3. The predicted octanol–water partition coefficient (Wildman–Crippen LogP) is 1.17. The zero-order valence-corrected chi connectivity index (χ0v) is 12.8. The molecular formula is C16H18BN3O3. The number of amides is 1. The Morgan fingerprint density at radius 3 is 2.87 bits per heavy atom. The number of fused-ring (bicyclic) bond motifs is 1. The van der Waals surface area contributed by atoms with Crippen LogP contribution in [-0.2, 0) is 6.54 Å². The average molecular weight is 311 g/mol. The molecule has 0 saturated carbocycles. The van der Waals surface area contributed by atoms with E-state index in [-0.39, 0.29) is 11.5 Å². The molecule has 7 heteroatoms. The van der Waals surface area contributed by atoms with Gasteiger partial charge < -0.3 is 20.3 Å². The monoisotopic (exact) mass is 311 g/mol. The van der Waals surface area contributed by atoms with Crippen molar-refractivity contribution in [3.63, 3.8) is 0 Å². The van der Waals surface area contributed by atoms with Gasteiger partial charge in [0.25, 0.3) is 5.91 Å². The molecule has 6 nitrogen and oxygen atoms in total. The Hall–Kier alpha value is -2.38. The van der Waals surface area contributed by atoms with Crippen molar-refractivity contribution in [2.24, 2.45) is 5.73 Å². The number of aryl methyl sites for hydroxylation is 1. The summed E-state index contributed by atoms with van der Waals surface area (Å²) in [5.74, 6) is -0.787. The molecule has 1 amide bonds. The predicted molar refractivity (Wildman–Crippen MR) is 88.8 cm³/mol. The van der Waals surface area contributed by atoms with Crippen LogP contribution < -0.4 is 5.73 Å². The first-order chi connectivity index (χ1) is 11.0. The lowest BCUT2D eigenvalue weighted by atomic mass is 9.69. The fourth-order valence-corrected chi connectivity index (χ4v) is 2.82. The van der Waals surface area contributed by atoms with Gasteiger partial charge in [-0.3, -0.25) is 4.79 Å². The molecule has 2 heterocycles. The third-order valence-corrected chi connectivity index (χ3v) is 4.15. The molecule has 0 saturated heterocycles. The van der Waals surface area contributed by atoms with Crippen molar-refractivity contribution in [3.8, 4) is 0 Å². The number of primary amides is 1. The van der Waals surface area contributed by atoms with Crippen LogP contribution in [0.1, 0.15) is 22.6 Å². The van der Waals surface area contributed by atoms with Crippen LogP contribution in [0.2, 0.25) is 5.82 Å². The molecule has 118 valence electrons. The van der Waals surface area contributed by atoms with Gasteiger partial charge in [0.2, 0.25) is 0 Å². The molecule has 0 aliphatic heterocycles. The smallest absolute Gasteiger partial charge is 0.427 e. The largest absolute Gasteiger partial charge is 0.459 e. The molecule has 0 fully saturated rings. The number of aromatic nitrogens is 2. The van der Waals surface area contributed by atoms with E-state index in [1.165, 1.54) is 0 Å². The molecular weight excluding hydrogens is 293 g/mol. The lowest BCUT2D eigenvalue weighted by Gasteiger charge is -2.16. The normalized spacial score (nSPS) is 17.3. The van der Waals surface area contributed by atoms with E-state index >= 15 is 0 Å². The summed E-state index contributed by atoms with van der Waals surface area (Å²) in [6, 6.07) is 5.40. The van der Waals surface area contributed by atoms with E-state index in [9.17, 15) is 14.8 Å². The van der Waals surface area contributed by atoms with Gasteiger partial charge in [-0.1, -0.05) is 18.2 Å². The second-order valence-corrected chi connectivity index (χ2v) is 5.79. The number of pyridine rings is 1. The van der Waals surface area contributed by atoms with Crippen molar-refractivity contribution in [2.45, 2.75) is 25.7 Å². The number of rotatable bonds is 4. The number of carbonyl (C=O) groups is 1. The van der Waals surface area contributed by atoms with Gasteiger partial charge in [-0.2, -0.15) is 0 Å². The first-order valence-corrected chi connectivity index (χ1v) is 7.46. The van der Waals surface area contributed by atoms with Crippen LogP contribution in [0.15, 0.2) is 42.0 Å². The lowest BCUT2D eigenvalue weighted by molar-refractivity contribution is 0.0996. The molecule has 1 aliphatic rings. The van der Waals surface area contributed by atoms with E-state index in [0.717, 1.165) is 22.3 Å². The quantitative estimate of drug-likeness (QED) is 0.738. The van der Waals surface area contributed by atoms with Gasteiger partial charge in [0.05, 0.1) is 11.0 Å². The zero-order chi connectivity index (χ0) is 16.6. The van der Waals surface area contributed by atoms with Crippen LogP contribution in [0.4, 0.5) is 0 Å². The summed E-state index contributed by atoms with van der Waals surface area (Å²) < 4.78 is 2.11. The van der Waals surface area contributed by atoms with E-state index < -0.39 is 13.0 Å². The fraction of sp³-hybridized carbons (Fsp3) is 0.250. The fourth-order valence-electron chi connectivity index (χ4n) is 2.82. The van der Waals surface area contributed by atoms with Crippen molar-refractivity contribution in [3.05, 3.63) is 53.4 Å². The highest BCUT2D eigenvalue weighted by Gasteiger charge is 2.21. The number of carbonyl (C=O) groups excluding carboxylic acids is 1. The number of nitrogens with two attached hydrogens (primary N) is 1. The summed E-state index contributed by atoms with van der Waals surface area (Å²) in [5, 5.41) is 18.4. The highest BCUT2D eigenvalue weighted by molar-refractivity contribution is 6.44. The Balaban J connectivity index is 1.88. The van der Waals surface area contributed by atoms with E-state index in [2.05, 4.69) is 9.55 Å². The minimum absolute atomic E-state index is 0.249. The Morgan fingerprint density at radius 1 is 1.48 bits per heavy atom. The van der Waals surface area contributed by atoms with Gasteiger partial charge in [-0.05, 0) is 37.1 Å². The first-order valence-electron chi connectivity index (χ1n) is 7.46. The molecule has 1 atom stereocenters. The van der Waals surface area contributed by atoms with Crippen molar-refractivity contribution in [1.29, 1.82) is 0 Å². The highest BCUT2D eigenvalue weighted by Crippen LogP contribution is 2.25. The molecule has 1 unspecified atom stereocenters. The molecule has 23 heavy (non-hydrogen) atoms. The standard InChI is InChI=1S/C16H18BN3O3/c1-10-8-14-15(7-6-13(19-14)16(18)21)20(10)9-11-2-4-12(5-3-11)17(22)23/h2-4,6-8,12,22-23H,5,9H2,1H3,(H2,18,21). The molecule has 0 bridgehead atoms. The minimum atomic E-state index is -1.32. The molecule has 0 spiro atoms. The summed E-state index contributed by atoms with van der Waals surface area (Å²) in [6.07, 6.45) is 6.36. The maximum Gasteiger partial charge on any atom is 0.459 e. The average Bonchev–Trinajstić information content (AvgIpc) is 2.83. The van der Waals surface area contributed by atoms with Gasteiger partial charge in [0, 0.05) is 18.1 Å². The Labute approximate surface area is 134 Å². The van der Waals surface area contributed by atoms with Gasteiger partial charge in [0.15, 0.2) is 0 Å².